The van der Waals surface area contributed by atoms with Gasteiger partial charge in [0.25, 0.3) is 0 Å². The van der Waals surface area contributed by atoms with Gasteiger partial charge >= 0.3 is 0 Å². The van der Waals surface area contributed by atoms with Crippen molar-refractivity contribution >= 4 is 34.9 Å². The van der Waals surface area contributed by atoms with Crippen LogP contribution in [-0.2, 0) is 6.42 Å². The minimum atomic E-state index is 0.590. The van der Waals surface area contributed by atoms with Crippen LogP contribution in [0.4, 0.5) is 5.69 Å². The topological polar surface area (TPSA) is 20.3 Å². The fraction of sp³-hybridized carbons (Fsp3) is 0.214. The molecule has 0 aliphatic carbocycles. The molecule has 0 bridgehead atoms. The Balaban J connectivity index is 2.08. The Kier molecular flexibility index (Phi) is 4.39. The van der Waals surface area contributed by atoms with Crippen LogP contribution >= 0.6 is 22.9 Å². The van der Waals surface area contributed by atoms with Crippen LogP contribution in [0.3, 0.4) is 0 Å². The van der Waals surface area contributed by atoms with Crippen LogP contribution in [0.2, 0.25) is 5.02 Å². The van der Waals surface area contributed by atoms with Crippen molar-refractivity contribution in [2.75, 3.05) is 18.5 Å². The van der Waals surface area contributed by atoms with E-state index in [4.69, 9.17) is 11.6 Å². The van der Waals surface area contributed by atoms with Crippen LogP contribution < -0.4 is 4.90 Å². The molecule has 0 unspecified atom stereocenters. The highest BCUT2D eigenvalue weighted by molar-refractivity contribution is 7.09. The van der Waals surface area contributed by atoms with E-state index in [1.165, 1.54) is 4.88 Å². The number of rotatable bonds is 5. The largest absolute Gasteiger partial charge is 0.374 e. The van der Waals surface area contributed by atoms with E-state index in [0.717, 1.165) is 24.9 Å². The second kappa shape index (κ2) is 6.03. The van der Waals surface area contributed by atoms with E-state index < -0.39 is 0 Å². The van der Waals surface area contributed by atoms with E-state index in [9.17, 15) is 4.79 Å². The summed E-state index contributed by atoms with van der Waals surface area (Å²) in [6.45, 7) is 0.878. The van der Waals surface area contributed by atoms with Crippen LogP contribution in [0.25, 0.3) is 0 Å². The second-order valence-corrected chi connectivity index (χ2v) is 5.54. The van der Waals surface area contributed by atoms with Gasteiger partial charge in [0.15, 0.2) is 6.29 Å². The first-order chi connectivity index (χ1) is 8.70. The molecule has 2 rings (SSSR count). The summed E-state index contributed by atoms with van der Waals surface area (Å²) in [5.41, 5.74) is 1.56. The zero-order chi connectivity index (χ0) is 13.0. The zero-order valence-corrected chi connectivity index (χ0v) is 11.7. The molecule has 1 aromatic carbocycles. The molecule has 0 fully saturated rings. The number of halogens is 1. The predicted molar refractivity (Wildman–Crippen MR) is 78.1 cm³/mol. The maximum absolute atomic E-state index is 11.0. The van der Waals surface area contributed by atoms with Gasteiger partial charge in [-0.2, -0.15) is 0 Å². The van der Waals surface area contributed by atoms with E-state index >= 15 is 0 Å². The van der Waals surface area contributed by atoms with Gasteiger partial charge in [-0.05, 0) is 36.1 Å². The molecule has 0 N–H and O–H groups in total. The molecule has 94 valence electrons. The lowest BCUT2D eigenvalue weighted by Gasteiger charge is -2.20. The number of carbonyl (C=O) groups excluding carboxylic acids is 1. The second-order valence-electron chi connectivity index (χ2n) is 4.07. The van der Waals surface area contributed by atoms with Crippen molar-refractivity contribution in [2.24, 2.45) is 0 Å². The third-order valence-electron chi connectivity index (χ3n) is 2.80. The van der Waals surface area contributed by atoms with Gasteiger partial charge in [0.1, 0.15) is 0 Å². The van der Waals surface area contributed by atoms with Gasteiger partial charge in [-0.3, -0.25) is 4.79 Å². The molecule has 0 radical (unpaired) electrons. The summed E-state index contributed by atoms with van der Waals surface area (Å²) < 4.78 is 0. The summed E-state index contributed by atoms with van der Waals surface area (Å²) in [4.78, 5) is 14.5. The third kappa shape index (κ3) is 3.12. The first kappa shape index (κ1) is 13.1. The average molecular weight is 280 g/mol. The van der Waals surface area contributed by atoms with E-state index in [0.29, 0.717) is 10.6 Å². The molecule has 2 nitrogen and oxygen atoms in total. The summed E-state index contributed by atoms with van der Waals surface area (Å²) in [5, 5.41) is 2.67. The Morgan fingerprint density at radius 1 is 1.39 bits per heavy atom. The number of thiophene rings is 1. The number of benzene rings is 1. The van der Waals surface area contributed by atoms with Crippen LogP contribution in [0.15, 0.2) is 35.7 Å². The molecule has 0 amide bonds. The summed E-state index contributed by atoms with van der Waals surface area (Å²) >= 11 is 7.64. The molecular weight excluding hydrogens is 266 g/mol. The number of likely N-dealkylation sites (N-methyl/N-ethyl adjacent to an activating group) is 1. The maximum atomic E-state index is 11.0. The van der Waals surface area contributed by atoms with Crippen molar-refractivity contribution in [1.29, 1.82) is 0 Å². The van der Waals surface area contributed by atoms with Gasteiger partial charge in [0.2, 0.25) is 0 Å². The van der Waals surface area contributed by atoms with Gasteiger partial charge in [0.05, 0.1) is 0 Å². The smallest absolute Gasteiger partial charge is 0.152 e. The van der Waals surface area contributed by atoms with Crippen molar-refractivity contribution in [3.8, 4) is 0 Å². The monoisotopic (exact) mass is 279 g/mol. The van der Waals surface area contributed by atoms with Crippen molar-refractivity contribution in [3.63, 3.8) is 0 Å². The molecule has 0 spiro atoms. The fourth-order valence-corrected chi connectivity index (χ4v) is 2.70. The Labute approximate surface area is 116 Å². The van der Waals surface area contributed by atoms with E-state index in [-0.39, 0.29) is 0 Å². The Hall–Kier alpha value is -1.32. The van der Waals surface area contributed by atoms with Crippen molar-refractivity contribution < 1.29 is 4.79 Å². The lowest BCUT2D eigenvalue weighted by Crippen LogP contribution is -2.21. The molecule has 0 saturated carbocycles. The van der Waals surface area contributed by atoms with Gasteiger partial charge < -0.3 is 4.90 Å². The lowest BCUT2D eigenvalue weighted by atomic mass is 10.1. The summed E-state index contributed by atoms with van der Waals surface area (Å²) in [6.07, 6.45) is 1.83. The highest BCUT2D eigenvalue weighted by atomic mass is 35.5. The van der Waals surface area contributed by atoms with E-state index in [1.54, 1.807) is 17.4 Å². The third-order valence-corrected chi connectivity index (χ3v) is 3.97. The van der Waals surface area contributed by atoms with E-state index in [2.05, 4.69) is 22.4 Å². The van der Waals surface area contributed by atoms with Gasteiger partial charge in [-0.15, -0.1) is 11.3 Å². The zero-order valence-electron chi connectivity index (χ0n) is 10.1. The molecule has 0 aliphatic rings. The number of hydrogen-bond acceptors (Lipinski definition) is 3. The summed E-state index contributed by atoms with van der Waals surface area (Å²) in [7, 11) is 1.99. The maximum Gasteiger partial charge on any atom is 0.152 e. The molecular formula is C14H14ClNOS. The molecule has 1 aromatic heterocycles. The number of hydrogen-bond donors (Lipinski definition) is 0. The van der Waals surface area contributed by atoms with Crippen molar-refractivity contribution in [1.82, 2.24) is 0 Å². The summed E-state index contributed by atoms with van der Waals surface area (Å²) in [6, 6.07) is 9.58. The molecule has 2 aromatic rings. The quantitative estimate of drug-likeness (QED) is 0.774. The number of anilines is 1. The average Bonchev–Trinajstić information content (AvgIpc) is 2.88. The first-order valence-corrected chi connectivity index (χ1v) is 6.94. The molecule has 4 heteroatoms. The van der Waals surface area contributed by atoms with Gasteiger partial charge in [-0.25, -0.2) is 0 Å². The predicted octanol–water partition coefficient (Wildman–Crippen LogP) is 3.89. The Morgan fingerprint density at radius 2 is 2.22 bits per heavy atom. The summed E-state index contributed by atoms with van der Waals surface area (Å²) in [5.74, 6) is 0. The SMILES string of the molecule is CN(CCc1cccs1)c1ccc(Cl)cc1C=O. The minimum absolute atomic E-state index is 0.590. The minimum Gasteiger partial charge on any atom is -0.374 e. The standard InChI is InChI=1S/C14H14ClNOS/c1-16(7-6-13-3-2-8-18-13)14-5-4-12(15)9-11(14)10-17/h2-5,8-10H,6-7H2,1H3. The molecule has 0 saturated heterocycles. The van der Waals surface area contributed by atoms with Crippen molar-refractivity contribution in [3.05, 3.63) is 51.2 Å². The number of nitrogens with zero attached hydrogens (tertiary/aromatic N) is 1. The normalized spacial score (nSPS) is 10.3. The Bertz CT molecular complexity index is 525. The highest BCUT2D eigenvalue weighted by Crippen LogP contribution is 2.22. The van der Waals surface area contributed by atoms with Crippen LogP contribution in [0.5, 0.6) is 0 Å². The van der Waals surface area contributed by atoms with Gasteiger partial charge in [0, 0.05) is 34.7 Å². The first-order valence-electron chi connectivity index (χ1n) is 5.69. The highest BCUT2D eigenvalue weighted by Gasteiger charge is 2.08. The van der Waals surface area contributed by atoms with Crippen molar-refractivity contribution in [2.45, 2.75) is 6.42 Å². The molecule has 1 heterocycles. The van der Waals surface area contributed by atoms with Gasteiger partial charge in [-0.1, -0.05) is 17.7 Å². The molecule has 0 aliphatic heterocycles. The van der Waals surface area contributed by atoms with Crippen LogP contribution in [-0.4, -0.2) is 19.9 Å². The fourth-order valence-electron chi connectivity index (χ4n) is 1.82. The molecule has 18 heavy (non-hydrogen) atoms. The van der Waals surface area contributed by atoms with Crippen LogP contribution in [0.1, 0.15) is 15.2 Å². The molecule has 0 atom stereocenters. The number of aldehydes is 1. The number of carbonyl (C=O) groups is 1. The van der Waals surface area contributed by atoms with Crippen LogP contribution in [0, 0.1) is 0 Å². The Morgan fingerprint density at radius 3 is 2.89 bits per heavy atom. The van der Waals surface area contributed by atoms with E-state index in [1.807, 2.05) is 19.2 Å². The lowest BCUT2D eigenvalue weighted by molar-refractivity contribution is 0.112.